The molecule has 0 aliphatic rings. The maximum absolute atomic E-state index is 10.2. The predicted molar refractivity (Wildman–Crippen MR) is 33.7 cm³/mol. The molecule has 0 heterocycles. The fourth-order valence-corrected chi connectivity index (χ4v) is 0.567. The summed E-state index contributed by atoms with van der Waals surface area (Å²) < 4.78 is 0. The molecule has 0 saturated carbocycles. The second-order valence-corrected chi connectivity index (χ2v) is 1.85. The van der Waals surface area contributed by atoms with Crippen molar-refractivity contribution in [1.29, 1.82) is 0 Å². The third-order valence-corrected chi connectivity index (χ3v) is 1.08. The lowest BCUT2D eigenvalue weighted by molar-refractivity contribution is -0.139. The zero-order valence-electron chi connectivity index (χ0n) is 5.42. The number of carbonyl (C=O) groups is 1. The number of nitrogens with two attached hydrogens (primary N) is 1. The summed E-state index contributed by atoms with van der Waals surface area (Å²) in [5.74, 6) is 4.04. The molecular formula is C5H12N2O2. The molecule has 0 aromatic heterocycles. The lowest BCUT2D eigenvalue weighted by Gasteiger charge is -2.07. The number of carboxylic acid groups (broad SMARTS) is 1. The third kappa shape index (κ3) is 3.05. The summed E-state index contributed by atoms with van der Waals surface area (Å²) in [5, 5.41) is 8.36. The molecule has 0 aliphatic carbocycles. The van der Waals surface area contributed by atoms with Crippen LogP contribution < -0.4 is 11.3 Å². The summed E-state index contributed by atoms with van der Waals surface area (Å²) in [4.78, 5) is 10.2. The molecule has 0 aromatic rings. The first kappa shape index (κ1) is 8.39. The van der Waals surface area contributed by atoms with Gasteiger partial charge in [-0.3, -0.25) is 10.6 Å². The second-order valence-electron chi connectivity index (χ2n) is 1.85. The van der Waals surface area contributed by atoms with Crippen molar-refractivity contribution in [2.24, 2.45) is 5.84 Å². The van der Waals surface area contributed by atoms with E-state index in [1.807, 2.05) is 6.92 Å². The van der Waals surface area contributed by atoms with E-state index in [4.69, 9.17) is 10.9 Å². The number of hydrazine groups is 1. The van der Waals surface area contributed by atoms with Gasteiger partial charge in [-0.1, -0.05) is 13.3 Å². The minimum Gasteiger partial charge on any atom is -0.480 e. The van der Waals surface area contributed by atoms with Crippen LogP contribution in [-0.2, 0) is 4.79 Å². The molecule has 0 rings (SSSR count). The van der Waals surface area contributed by atoms with Gasteiger partial charge >= 0.3 is 5.97 Å². The average molecular weight is 132 g/mol. The number of nitrogens with one attached hydrogen (secondary N) is 1. The van der Waals surface area contributed by atoms with E-state index < -0.39 is 12.0 Å². The number of aliphatic carboxylic acids is 1. The van der Waals surface area contributed by atoms with E-state index in [-0.39, 0.29) is 0 Å². The normalized spacial score (nSPS) is 13.1. The van der Waals surface area contributed by atoms with Crippen LogP contribution in [0.25, 0.3) is 0 Å². The highest BCUT2D eigenvalue weighted by Gasteiger charge is 2.12. The highest BCUT2D eigenvalue weighted by molar-refractivity contribution is 5.73. The summed E-state index contributed by atoms with van der Waals surface area (Å²) in [6.45, 7) is 1.91. The molecule has 0 fully saturated rings. The van der Waals surface area contributed by atoms with E-state index in [0.29, 0.717) is 6.42 Å². The van der Waals surface area contributed by atoms with Gasteiger partial charge in [0.1, 0.15) is 6.04 Å². The topological polar surface area (TPSA) is 75.3 Å². The maximum atomic E-state index is 10.2. The second kappa shape index (κ2) is 4.29. The van der Waals surface area contributed by atoms with E-state index in [9.17, 15) is 4.79 Å². The van der Waals surface area contributed by atoms with Gasteiger partial charge in [-0.05, 0) is 6.42 Å². The monoisotopic (exact) mass is 132 g/mol. The molecule has 0 saturated heterocycles. The van der Waals surface area contributed by atoms with Gasteiger partial charge in [0, 0.05) is 0 Å². The van der Waals surface area contributed by atoms with E-state index in [1.54, 1.807) is 0 Å². The van der Waals surface area contributed by atoms with E-state index in [2.05, 4.69) is 5.43 Å². The smallest absolute Gasteiger partial charge is 0.322 e. The van der Waals surface area contributed by atoms with Crippen molar-refractivity contribution in [2.45, 2.75) is 25.8 Å². The largest absolute Gasteiger partial charge is 0.480 e. The fourth-order valence-electron chi connectivity index (χ4n) is 0.567. The predicted octanol–water partition coefficient (Wildman–Crippen LogP) is -0.297. The number of carboxylic acids is 1. The lowest BCUT2D eigenvalue weighted by Crippen LogP contribution is -2.41. The van der Waals surface area contributed by atoms with Gasteiger partial charge in [0.15, 0.2) is 0 Å². The molecule has 0 aliphatic heterocycles. The van der Waals surface area contributed by atoms with E-state index in [1.165, 1.54) is 0 Å². The van der Waals surface area contributed by atoms with Crippen LogP contribution in [0.1, 0.15) is 19.8 Å². The molecule has 0 radical (unpaired) electrons. The highest BCUT2D eigenvalue weighted by Crippen LogP contribution is 1.93. The quantitative estimate of drug-likeness (QED) is 0.362. The molecule has 1 atom stereocenters. The summed E-state index contributed by atoms with van der Waals surface area (Å²) in [5.41, 5.74) is 2.20. The van der Waals surface area contributed by atoms with Crippen LogP contribution in [-0.4, -0.2) is 17.1 Å². The van der Waals surface area contributed by atoms with Crippen LogP contribution in [0.2, 0.25) is 0 Å². The van der Waals surface area contributed by atoms with Crippen molar-refractivity contribution in [3.8, 4) is 0 Å². The molecule has 0 spiro atoms. The Balaban J connectivity index is 3.54. The van der Waals surface area contributed by atoms with Crippen LogP contribution in [0.15, 0.2) is 0 Å². The van der Waals surface area contributed by atoms with Gasteiger partial charge in [0.2, 0.25) is 0 Å². The van der Waals surface area contributed by atoms with Crippen molar-refractivity contribution in [1.82, 2.24) is 5.43 Å². The molecule has 9 heavy (non-hydrogen) atoms. The van der Waals surface area contributed by atoms with Gasteiger partial charge < -0.3 is 5.11 Å². The van der Waals surface area contributed by atoms with Gasteiger partial charge in [-0.15, -0.1) is 0 Å². The first-order valence-corrected chi connectivity index (χ1v) is 2.91. The Kier molecular flexibility index (Phi) is 4.00. The first-order valence-electron chi connectivity index (χ1n) is 2.91. The molecule has 4 nitrogen and oxygen atoms in total. The molecule has 0 bridgehead atoms. The molecule has 4 N–H and O–H groups in total. The Labute approximate surface area is 54.0 Å². The van der Waals surface area contributed by atoms with Crippen LogP contribution in [0.3, 0.4) is 0 Å². The van der Waals surface area contributed by atoms with E-state index >= 15 is 0 Å². The number of rotatable bonds is 4. The van der Waals surface area contributed by atoms with Crippen molar-refractivity contribution in [3.63, 3.8) is 0 Å². The average Bonchev–Trinajstić information content (AvgIpc) is 1.82. The molecule has 0 unspecified atom stereocenters. The van der Waals surface area contributed by atoms with Gasteiger partial charge in [0.05, 0.1) is 0 Å². The first-order chi connectivity index (χ1) is 4.22. The SMILES string of the molecule is CCC[C@H](NN)C(=O)O. The minimum atomic E-state index is -0.889. The van der Waals surface area contributed by atoms with Gasteiger partial charge in [-0.2, -0.15) is 0 Å². The van der Waals surface area contributed by atoms with Crippen LogP contribution in [0.4, 0.5) is 0 Å². The Bertz CT molecular complexity index is 95.0. The Morgan fingerprint density at radius 1 is 1.89 bits per heavy atom. The zero-order valence-corrected chi connectivity index (χ0v) is 5.42. The lowest BCUT2D eigenvalue weighted by atomic mass is 10.2. The summed E-state index contributed by atoms with van der Waals surface area (Å²) in [6.07, 6.45) is 1.40. The summed E-state index contributed by atoms with van der Waals surface area (Å²) in [6, 6.07) is -0.588. The standard InChI is InChI=1S/C5H12N2O2/c1-2-3-4(7-6)5(8)9/h4,7H,2-3,6H2,1H3,(H,8,9)/t4-/m0/s1. The summed E-state index contributed by atoms with van der Waals surface area (Å²) in [7, 11) is 0. The van der Waals surface area contributed by atoms with Crippen molar-refractivity contribution in [2.75, 3.05) is 0 Å². The van der Waals surface area contributed by atoms with Crippen LogP contribution in [0, 0.1) is 0 Å². The molecular weight excluding hydrogens is 120 g/mol. The van der Waals surface area contributed by atoms with Crippen LogP contribution >= 0.6 is 0 Å². The summed E-state index contributed by atoms with van der Waals surface area (Å²) >= 11 is 0. The number of hydrogen-bond acceptors (Lipinski definition) is 3. The Hall–Kier alpha value is -0.610. The maximum Gasteiger partial charge on any atom is 0.322 e. The van der Waals surface area contributed by atoms with Gasteiger partial charge in [0.25, 0.3) is 0 Å². The molecule has 54 valence electrons. The van der Waals surface area contributed by atoms with Crippen molar-refractivity contribution < 1.29 is 9.90 Å². The molecule has 4 heteroatoms. The highest BCUT2D eigenvalue weighted by atomic mass is 16.4. The fraction of sp³-hybridized carbons (Fsp3) is 0.800. The Morgan fingerprint density at radius 2 is 2.44 bits per heavy atom. The van der Waals surface area contributed by atoms with Crippen LogP contribution in [0.5, 0.6) is 0 Å². The minimum absolute atomic E-state index is 0.575. The zero-order chi connectivity index (χ0) is 7.28. The molecule has 0 amide bonds. The van der Waals surface area contributed by atoms with Crippen molar-refractivity contribution >= 4 is 5.97 Å². The van der Waals surface area contributed by atoms with E-state index in [0.717, 1.165) is 6.42 Å². The number of hydrogen-bond donors (Lipinski definition) is 3. The van der Waals surface area contributed by atoms with Crippen molar-refractivity contribution in [3.05, 3.63) is 0 Å². The third-order valence-electron chi connectivity index (χ3n) is 1.08. The van der Waals surface area contributed by atoms with Gasteiger partial charge in [-0.25, -0.2) is 5.43 Å². The molecule has 0 aromatic carbocycles. The Morgan fingerprint density at radius 3 is 2.56 bits per heavy atom.